The van der Waals surface area contributed by atoms with Crippen molar-refractivity contribution >= 4 is 0 Å². The normalized spacial score (nSPS) is 45.1. The Morgan fingerprint density at radius 2 is 1.43 bits per heavy atom. The highest BCUT2D eigenvalue weighted by molar-refractivity contribution is 5.15. The lowest BCUT2D eigenvalue weighted by Crippen LogP contribution is -2.63. The summed E-state index contributed by atoms with van der Waals surface area (Å²) >= 11 is 0. The third-order valence-corrected chi connectivity index (χ3v) is 10.7. The van der Waals surface area contributed by atoms with Crippen molar-refractivity contribution in [1.29, 1.82) is 0 Å². The van der Waals surface area contributed by atoms with Crippen molar-refractivity contribution in [2.45, 2.75) is 102 Å². The van der Waals surface area contributed by atoms with E-state index in [1.165, 1.54) is 6.42 Å². The van der Waals surface area contributed by atoms with Crippen LogP contribution in [0.5, 0.6) is 0 Å². The molecule has 7 nitrogen and oxygen atoms in total. The maximum absolute atomic E-state index is 11.2. The van der Waals surface area contributed by atoms with Gasteiger partial charge in [0.15, 0.2) is 0 Å². The van der Waals surface area contributed by atoms with Gasteiger partial charge in [0.2, 0.25) is 0 Å². The van der Waals surface area contributed by atoms with Crippen molar-refractivity contribution in [2.75, 3.05) is 39.5 Å². The number of aliphatic hydroxyl groups excluding tert-OH is 1. The van der Waals surface area contributed by atoms with Crippen LogP contribution in [0, 0.1) is 34.5 Å². The Morgan fingerprint density at radius 3 is 2.11 bits per heavy atom. The summed E-state index contributed by atoms with van der Waals surface area (Å²) in [5.41, 5.74) is 17.3. The molecule has 0 amide bonds. The number of hydrogen-bond donors (Lipinski definition) is 4. The fraction of sp³-hybridized carbons (Fsp3) is 1.00. The highest BCUT2D eigenvalue weighted by atomic mass is 16.5. The molecule has 7 N–H and O–H groups in total. The summed E-state index contributed by atoms with van der Waals surface area (Å²) in [6.45, 7) is 9.01. The zero-order chi connectivity index (χ0) is 25.1. The average Bonchev–Trinajstić information content (AvgIpc) is 3.15. The SMILES string of the molecule is CC12CC[C@@H](OCCCN)CC1C[C@@H](OCCCN)C1[C@@H]2C[C@H](OCCCN)[C@]2(C)C(O)CC[C@@H]12. The topological polar surface area (TPSA) is 126 Å². The predicted molar refractivity (Wildman–Crippen MR) is 139 cm³/mol. The summed E-state index contributed by atoms with van der Waals surface area (Å²) in [5.74, 6) is 2.03. The molecule has 0 aromatic carbocycles. The van der Waals surface area contributed by atoms with Gasteiger partial charge in [-0.05, 0) is 113 Å². The lowest BCUT2D eigenvalue weighted by molar-refractivity contribution is -0.230. The molecule has 204 valence electrons. The van der Waals surface area contributed by atoms with Gasteiger partial charge in [-0.1, -0.05) is 13.8 Å². The molecule has 4 saturated carbocycles. The third-order valence-electron chi connectivity index (χ3n) is 10.7. The van der Waals surface area contributed by atoms with Crippen LogP contribution in [0.4, 0.5) is 0 Å². The fourth-order valence-electron chi connectivity index (χ4n) is 8.63. The lowest BCUT2D eigenvalue weighted by Gasteiger charge is -2.64. The second kappa shape index (κ2) is 12.1. The Morgan fingerprint density at radius 1 is 0.771 bits per heavy atom. The van der Waals surface area contributed by atoms with Gasteiger partial charge in [-0.2, -0.15) is 0 Å². The van der Waals surface area contributed by atoms with Crippen LogP contribution in [0.1, 0.15) is 78.1 Å². The van der Waals surface area contributed by atoms with Gasteiger partial charge in [-0.3, -0.25) is 0 Å². The molecule has 0 bridgehead atoms. The molecule has 0 aromatic rings. The standard InChI is InChI=1S/C28H53N3O4/c1-27-9-8-20(33-13-3-10-29)16-19(27)17-23(34-14-4-11-30)26-21-6-7-24(32)28(21,2)25(18-22(26)27)35-15-5-12-31/h19-26,32H,3-18,29-31H2,1-2H3/t19?,20-,21+,22+,23-,24?,25+,26?,27?,28+/m1/s1. The third kappa shape index (κ3) is 5.34. The number of rotatable bonds is 12. The van der Waals surface area contributed by atoms with Gasteiger partial charge in [-0.25, -0.2) is 0 Å². The van der Waals surface area contributed by atoms with Crippen LogP contribution in [0.25, 0.3) is 0 Å². The Bertz CT molecular complexity index is 668. The molecule has 0 aromatic heterocycles. The second-order valence-electron chi connectivity index (χ2n) is 12.4. The largest absolute Gasteiger partial charge is 0.392 e. The van der Waals surface area contributed by atoms with Crippen molar-refractivity contribution in [3.8, 4) is 0 Å². The van der Waals surface area contributed by atoms with Crippen LogP contribution in [-0.2, 0) is 14.2 Å². The van der Waals surface area contributed by atoms with Crippen LogP contribution in [0.15, 0.2) is 0 Å². The van der Waals surface area contributed by atoms with Crippen molar-refractivity contribution in [1.82, 2.24) is 0 Å². The molecule has 4 rings (SSSR count). The second-order valence-corrected chi connectivity index (χ2v) is 12.4. The van der Waals surface area contributed by atoms with Crippen LogP contribution in [-0.4, -0.2) is 69.0 Å². The first-order chi connectivity index (χ1) is 16.9. The van der Waals surface area contributed by atoms with E-state index in [0.29, 0.717) is 56.0 Å². The van der Waals surface area contributed by atoms with E-state index in [1.807, 2.05) is 0 Å². The molecule has 35 heavy (non-hydrogen) atoms. The first kappa shape index (κ1) is 27.7. The lowest BCUT2D eigenvalue weighted by atomic mass is 9.43. The van der Waals surface area contributed by atoms with E-state index < -0.39 is 0 Å². The van der Waals surface area contributed by atoms with Crippen LogP contribution in [0.3, 0.4) is 0 Å². The number of hydrogen-bond acceptors (Lipinski definition) is 7. The maximum atomic E-state index is 11.2. The highest BCUT2D eigenvalue weighted by Crippen LogP contribution is 2.67. The molecular weight excluding hydrogens is 442 g/mol. The van der Waals surface area contributed by atoms with Crippen molar-refractivity contribution in [2.24, 2.45) is 51.7 Å². The van der Waals surface area contributed by atoms with Gasteiger partial charge in [-0.15, -0.1) is 0 Å². The van der Waals surface area contributed by atoms with Crippen molar-refractivity contribution in [3.05, 3.63) is 0 Å². The summed E-state index contributed by atoms with van der Waals surface area (Å²) in [4.78, 5) is 0. The Labute approximate surface area is 213 Å². The van der Waals surface area contributed by atoms with Gasteiger partial charge in [0.25, 0.3) is 0 Å². The molecule has 0 spiro atoms. The van der Waals surface area contributed by atoms with E-state index in [0.717, 1.165) is 71.0 Å². The summed E-state index contributed by atoms with van der Waals surface area (Å²) < 4.78 is 19.5. The minimum atomic E-state index is -0.307. The molecular formula is C28H53N3O4. The fourth-order valence-corrected chi connectivity index (χ4v) is 8.63. The van der Waals surface area contributed by atoms with Gasteiger partial charge >= 0.3 is 0 Å². The molecule has 4 aliphatic rings. The average molecular weight is 496 g/mol. The van der Waals surface area contributed by atoms with Gasteiger partial charge < -0.3 is 36.5 Å². The molecule has 4 unspecified atom stereocenters. The van der Waals surface area contributed by atoms with E-state index in [1.54, 1.807) is 0 Å². The zero-order valence-corrected chi connectivity index (χ0v) is 22.3. The summed E-state index contributed by atoms with van der Waals surface area (Å²) in [6.07, 6.45) is 10.5. The number of fused-ring (bicyclic) bond motifs is 5. The number of ether oxygens (including phenoxy) is 3. The smallest absolute Gasteiger partial charge is 0.0659 e. The van der Waals surface area contributed by atoms with E-state index in [9.17, 15) is 5.11 Å². The van der Waals surface area contributed by atoms with Crippen molar-refractivity contribution in [3.63, 3.8) is 0 Å². The van der Waals surface area contributed by atoms with E-state index in [-0.39, 0.29) is 29.1 Å². The molecule has 0 radical (unpaired) electrons. The summed E-state index contributed by atoms with van der Waals surface area (Å²) in [6, 6.07) is 0. The summed E-state index contributed by atoms with van der Waals surface area (Å²) in [5, 5.41) is 11.2. The van der Waals surface area contributed by atoms with E-state index in [2.05, 4.69) is 13.8 Å². The van der Waals surface area contributed by atoms with Gasteiger partial charge in [0.1, 0.15) is 0 Å². The number of nitrogens with two attached hydrogens (primary N) is 3. The Kier molecular flexibility index (Phi) is 9.56. The minimum absolute atomic E-state index is 0.0802. The molecule has 0 saturated heterocycles. The van der Waals surface area contributed by atoms with Crippen LogP contribution < -0.4 is 17.2 Å². The first-order valence-electron chi connectivity index (χ1n) is 14.5. The molecule has 0 heterocycles. The molecule has 0 aliphatic heterocycles. The Balaban J connectivity index is 1.60. The van der Waals surface area contributed by atoms with E-state index >= 15 is 0 Å². The van der Waals surface area contributed by atoms with Crippen molar-refractivity contribution < 1.29 is 19.3 Å². The van der Waals surface area contributed by atoms with Gasteiger partial charge in [0, 0.05) is 25.2 Å². The minimum Gasteiger partial charge on any atom is -0.392 e. The van der Waals surface area contributed by atoms with Gasteiger partial charge in [0.05, 0.1) is 24.4 Å². The monoisotopic (exact) mass is 495 g/mol. The first-order valence-corrected chi connectivity index (χ1v) is 14.5. The Hall–Kier alpha value is -0.280. The number of aliphatic hydroxyl groups is 1. The zero-order valence-electron chi connectivity index (χ0n) is 22.3. The maximum Gasteiger partial charge on any atom is 0.0659 e. The quantitative estimate of drug-likeness (QED) is 0.307. The highest BCUT2D eigenvalue weighted by Gasteiger charge is 2.66. The van der Waals surface area contributed by atoms with Crippen LogP contribution in [0.2, 0.25) is 0 Å². The van der Waals surface area contributed by atoms with Crippen LogP contribution >= 0.6 is 0 Å². The van der Waals surface area contributed by atoms with E-state index in [4.69, 9.17) is 31.4 Å². The molecule has 7 heteroatoms. The molecule has 10 atom stereocenters. The molecule has 4 fully saturated rings. The summed E-state index contributed by atoms with van der Waals surface area (Å²) in [7, 11) is 0. The molecule has 4 aliphatic carbocycles. The predicted octanol–water partition coefficient (Wildman–Crippen LogP) is 2.81.